The van der Waals surface area contributed by atoms with E-state index in [9.17, 15) is 9.59 Å². The van der Waals surface area contributed by atoms with E-state index in [-0.39, 0.29) is 6.10 Å². The van der Waals surface area contributed by atoms with Gasteiger partial charge in [-0.3, -0.25) is 4.79 Å². The van der Waals surface area contributed by atoms with E-state index in [0.717, 1.165) is 0 Å². The first-order chi connectivity index (χ1) is 4.74. The summed E-state index contributed by atoms with van der Waals surface area (Å²) in [6, 6.07) is 0. The largest absolute Gasteiger partial charge is 0.465 e. The fourth-order valence-corrected chi connectivity index (χ4v) is 0.759. The van der Waals surface area contributed by atoms with Crippen molar-refractivity contribution in [3.63, 3.8) is 0 Å². The second-order valence-electron chi connectivity index (χ2n) is 2.04. The number of carbonyl (C=O) groups is 2. The van der Waals surface area contributed by atoms with Crippen molar-refractivity contribution in [1.82, 2.24) is 4.90 Å². The van der Waals surface area contributed by atoms with E-state index in [4.69, 9.17) is 5.11 Å². The third-order valence-electron chi connectivity index (χ3n) is 1.37. The molecule has 0 saturated carbocycles. The van der Waals surface area contributed by atoms with Gasteiger partial charge in [0.15, 0.2) is 0 Å². The summed E-state index contributed by atoms with van der Waals surface area (Å²) in [6.45, 7) is 0.937. The van der Waals surface area contributed by atoms with Crippen LogP contribution >= 0.6 is 0 Å². The summed E-state index contributed by atoms with van der Waals surface area (Å²) in [4.78, 5) is 21.0. The number of hydrogen-bond acceptors (Lipinski definition) is 3. The van der Waals surface area contributed by atoms with E-state index in [0.29, 0.717) is 19.6 Å². The Morgan fingerprint density at radius 3 is 2.70 bits per heavy atom. The highest BCUT2D eigenvalue weighted by atomic mass is 16.5. The molecule has 0 aromatic heterocycles. The van der Waals surface area contributed by atoms with Crippen molar-refractivity contribution in [2.75, 3.05) is 13.1 Å². The summed E-state index contributed by atoms with van der Waals surface area (Å²) in [6.07, 6.45) is -1.20. The van der Waals surface area contributed by atoms with Gasteiger partial charge < -0.3 is 14.7 Å². The molecular weight excluding hydrogens is 138 g/mol. The second kappa shape index (κ2) is 2.55. The maximum atomic E-state index is 10.1. The summed E-state index contributed by atoms with van der Waals surface area (Å²) in [5.41, 5.74) is 0. The molecule has 1 fully saturated rings. The standard InChI is InChI=1S/C5H7NO4/c7-3-10-4-1-6(2-4)5(8)9/h3-4H,1-2H2,(H,8,9). The highest BCUT2D eigenvalue weighted by molar-refractivity contribution is 5.66. The van der Waals surface area contributed by atoms with Gasteiger partial charge in [-0.15, -0.1) is 0 Å². The van der Waals surface area contributed by atoms with Gasteiger partial charge in [0.1, 0.15) is 6.10 Å². The molecule has 0 spiro atoms. The summed E-state index contributed by atoms with van der Waals surface area (Å²) >= 11 is 0. The number of amides is 1. The monoisotopic (exact) mass is 145 g/mol. The predicted octanol–water partition coefficient (Wildman–Crippen LogP) is -0.478. The lowest BCUT2D eigenvalue weighted by Crippen LogP contribution is -2.54. The summed E-state index contributed by atoms with van der Waals surface area (Å²) < 4.78 is 4.47. The van der Waals surface area contributed by atoms with E-state index < -0.39 is 6.09 Å². The molecule has 0 bridgehead atoms. The van der Waals surface area contributed by atoms with E-state index in [1.54, 1.807) is 0 Å². The Balaban J connectivity index is 2.17. The van der Waals surface area contributed by atoms with Crippen LogP contribution in [0.1, 0.15) is 0 Å². The second-order valence-corrected chi connectivity index (χ2v) is 2.04. The van der Waals surface area contributed by atoms with Crippen molar-refractivity contribution in [3.05, 3.63) is 0 Å². The molecule has 1 aliphatic rings. The van der Waals surface area contributed by atoms with Gasteiger partial charge in [-0.1, -0.05) is 0 Å². The average Bonchev–Trinajstić information content (AvgIpc) is 1.76. The minimum Gasteiger partial charge on any atom is -0.465 e. The molecule has 1 saturated heterocycles. The third kappa shape index (κ3) is 1.18. The maximum absolute atomic E-state index is 10.1. The van der Waals surface area contributed by atoms with Crippen molar-refractivity contribution in [1.29, 1.82) is 0 Å². The van der Waals surface area contributed by atoms with Crippen LogP contribution in [0.15, 0.2) is 0 Å². The van der Waals surface area contributed by atoms with Gasteiger partial charge in [0, 0.05) is 0 Å². The minimum atomic E-state index is -0.967. The Kier molecular flexibility index (Phi) is 1.75. The van der Waals surface area contributed by atoms with Gasteiger partial charge in [-0.2, -0.15) is 0 Å². The fourth-order valence-electron chi connectivity index (χ4n) is 0.759. The zero-order valence-electron chi connectivity index (χ0n) is 5.19. The van der Waals surface area contributed by atoms with Crippen LogP contribution in [-0.4, -0.2) is 41.8 Å². The Bertz CT molecular complexity index is 152. The smallest absolute Gasteiger partial charge is 0.407 e. The number of carboxylic acid groups (broad SMARTS) is 1. The number of nitrogens with zero attached hydrogens (tertiary/aromatic N) is 1. The highest BCUT2D eigenvalue weighted by Gasteiger charge is 2.31. The van der Waals surface area contributed by atoms with E-state index in [1.165, 1.54) is 4.90 Å². The van der Waals surface area contributed by atoms with Crippen molar-refractivity contribution in [2.45, 2.75) is 6.10 Å². The Hall–Kier alpha value is -1.26. The van der Waals surface area contributed by atoms with Crippen LogP contribution in [-0.2, 0) is 9.53 Å². The molecule has 0 aliphatic carbocycles. The lowest BCUT2D eigenvalue weighted by atomic mass is 10.2. The van der Waals surface area contributed by atoms with Crippen LogP contribution in [0.4, 0.5) is 4.79 Å². The third-order valence-corrected chi connectivity index (χ3v) is 1.37. The molecule has 0 aromatic rings. The maximum Gasteiger partial charge on any atom is 0.407 e. The average molecular weight is 145 g/mol. The molecule has 0 aromatic carbocycles. The Labute approximate surface area is 57.2 Å². The van der Waals surface area contributed by atoms with Gasteiger partial charge in [-0.05, 0) is 0 Å². The van der Waals surface area contributed by atoms with Crippen LogP contribution in [0.5, 0.6) is 0 Å². The van der Waals surface area contributed by atoms with Crippen LogP contribution in [0, 0.1) is 0 Å². The topological polar surface area (TPSA) is 66.8 Å². The normalized spacial score (nSPS) is 17.8. The number of rotatable bonds is 2. The predicted molar refractivity (Wildman–Crippen MR) is 30.5 cm³/mol. The number of hydrogen-bond donors (Lipinski definition) is 1. The SMILES string of the molecule is O=COC1CN(C(=O)O)C1. The van der Waals surface area contributed by atoms with Crippen molar-refractivity contribution in [2.24, 2.45) is 0 Å². The number of ether oxygens (including phenoxy) is 1. The first kappa shape index (κ1) is 6.85. The van der Waals surface area contributed by atoms with E-state index in [2.05, 4.69) is 4.74 Å². The number of likely N-dealkylation sites (tertiary alicyclic amines) is 1. The van der Waals surface area contributed by atoms with Crippen LogP contribution in [0.2, 0.25) is 0 Å². The van der Waals surface area contributed by atoms with Crippen molar-refractivity contribution >= 4 is 12.6 Å². The summed E-state index contributed by atoms with van der Waals surface area (Å²) in [5.74, 6) is 0. The molecule has 56 valence electrons. The molecule has 0 unspecified atom stereocenters. The first-order valence-electron chi connectivity index (χ1n) is 2.81. The zero-order valence-corrected chi connectivity index (χ0v) is 5.19. The Morgan fingerprint density at radius 1 is 1.70 bits per heavy atom. The van der Waals surface area contributed by atoms with Gasteiger partial charge >= 0.3 is 6.09 Å². The lowest BCUT2D eigenvalue weighted by Gasteiger charge is -2.34. The fraction of sp³-hybridized carbons (Fsp3) is 0.600. The molecule has 1 heterocycles. The minimum absolute atomic E-state index is 0.228. The van der Waals surface area contributed by atoms with Gasteiger partial charge in [-0.25, -0.2) is 4.79 Å². The van der Waals surface area contributed by atoms with Gasteiger partial charge in [0.25, 0.3) is 6.47 Å². The molecule has 5 heteroatoms. The molecule has 1 rings (SSSR count). The molecule has 5 nitrogen and oxygen atoms in total. The summed E-state index contributed by atoms with van der Waals surface area (Å²) in [5, 5.41) is 8.30. The molecule has 10 heavy (non-hydrogen) atoms. The molecule has 1 amide bonds. The molecule has 0 radical (unpaired) electrons. The van der Waals surface area contributed by atoms with Crippen molar-refractivity contribution < 1.29 is 19.4 Å². The van der Waals surface area contributed by atoms with Gasteiger partial charge in [0.05, 0.1) is 13.1 Å². The summed E-state index contributed by atoms with van der Waals surface area (Å²) in [7, 11) is 0. The molecule has 0 atom stereocenters. The van der Waals surface area contributed by atoms with Crippen LogP contribution in [0.25, 0.3) is 0 Å². The Morgan fingerprint density at radius 2 is 2.30 bits per heavy atom. The highest BCUT2D eigenvalue weighted by Crippen LogP contribution is 2.09. The zero-order chi connectivity index (χ0) is 7.56. The van der Waals surface area contributed by atoms with Crippen LogP contribution in [0.3, 0.4) is 0 Å². The first-order valence-corrected chi connectivity index (χ1v) is 2.81. The van der Waals surface area contributed by atoms with E-state index in [1.807, 2.05) is 0 Å². The van der Waals surface area contributed by atoms with E-state index >= 15 is 0 Å². The van der Waals surface area contributed by atoms with Gasteiger partial charge in [0.2, 0.25) is 0 Å². The number of carbonyl (C=O) groups excluding carboxylic acids is 1. The quantitative estimate of drug-likeness (QED) is 0.533. The molecule has 1 aliphatic heterocycles. The van der Waals surface area contributed by atoms with Crippen LogP contribution < -0.4 is 0 Å². The molecule has 1 N–H and O–H groups in total. The molecular formula is C5H7NO4. The lowest BCUT2D eigenvalue weighted by molar-refractivity contribution is -0.140. The van der Waals surface area contributed by atoms with Crippen molar-refractivity contribution in [3.8, 4) is 0 Å².